The normalized spacial score (nSPS) is 16.9. The molecular formula is C10H8N2O3S. The lowest BCUT2D eigenvalue weighted by Gasteiger charge is -2.00. The molecule has 0 aromatic heterocycles. The lowest BCUT2D eigenvalue weighted by atomic mass is 10.2. The van der Waals surface area contributed by atoms with Gasteiger partial charge < -0.3 is 5.11 Å². The summed E-state index contributed by atoms with van der Waals surface area (Å²) in [5, 5.41) is 22.8. The summed E-state index contributed by atoms with van der Waals surface area (Å²) in [6, 6.07) is 3.87. The van der Waals surface area contributed by atoms with Gasteiger partial charge in [-0.25, -0.2) is 4.99 Å². The van der Waals surface area contributed by atoms with Crippen LogP contribution in [0.5, 0.6) is 5.75 Å². The molecule has 1 aliphatic heterocycles. The number of non-ortho nitro benzene ring substituents is 1. The number of aromatic hydroxyl groups is 1. The Bertz CT molecular complexity index is 487. The smallest absolute Gasteiger partial charge is 0.273 e. The Hall–Kier alpha value is -1.82. The van der Waals surface area contributed by atoms with E-state index in [1.54, 1.807) is 0 Å². The highest BCUT2D eigenvalue weighted by atomic mass is 32.2. The minimum Gasteiger partial charge on any atom is -0.505 e. The topological polar surface area (TPSA) is 75.7 Å². The molecule has 0 unspecified atom stereocenters. The van der Waals surface area contributed by atoms with E-state index in [9.17, 15) is 15.2 Å². The second-order valence-corrected chi connectivity index (χ2v) is 4.11. The number of nitro benzene ring substituents is 1. The number of hydrogen-bond acceptors (Lipinski definition) is 5. The van der Waals surface area contributed by atoms with Gasteiger partial charge in [-0.15, -0.1) is 0 Å². The van der Waals surface area contributed by atoms with Crippen molar-refractivity contribution in [3.8, 4) is 5.75 Å². The molecule has 6 heteroatoms. The molecule has 1 aliphatic rings. The summed E-state index contributed by atoms with van der Waals surface area (Å²) >= 11 is 1.48. The molecule has 0 saturated heterocycles. The van der Waals surface area contributed by atoms with Gasteiger partial charge in [0.1, 0.15) is 11.4 Å². The number of nitrogens with zero attached hydrogens (tertiary/aromatic N) is 2. The Morgan fingerprint density at radius 2 is 2.31 bits per heavy atom. The van der Waals surface area contributed by atoms with Crippen molar-refractivity contribution in [3.63, 3.8) is 0 Å². The van der Waals surface area contributed by atoms with Gasteiger partial charge in [-0.1, -0.05) is 17.8 Å². The molecule has 1 aromatic rings. The first-order valence-corrected chi connectivity index (χ1v) is 5.41. The zero-order valence-corrected chi connectivity index (χ0v) is 8.98. The number of phenolic OH excluding ortho intramolecular Hbond substituents is 1. The SMILES string of the molecule is O=[N+]([O-])c1ccc(/N=C2/CC=CS2)c(O)c1. The summed E-state index contributed by atoms with van der Waals surface area (Å²) in [6.45, 7) is 0. The van der Waals surface area contributed by atoms with Crippen molar-refractivity contribution in [1.82, 2.24) is 0 Å². The van der Waals surface area contributed by atoms with Gasteiger partial charge in [0, 0.05) is 12.5 Å². The zero-order valence-electron chi connectivity index (χ0n) is 8.16. The van der Waals surface area contributed by atoms with Crippen LogP contribution in [0.1, 0.15) is 6.42 Å². The van der Waals surface area contributed by atoms with Crippen molar-refractivity contribution < 1.29 is 10.0 Å². The molecule has 0 atom stereocenters. The number of thioether (sulfide) groups is 1. The molecule has 2 rings (SSSR count). The fourth-order valence-electron chi connectivity index (χ4n) is 1.25. The second kappa shape index (κ2) is 4.36. The highest BCUT2D eigenvalue weighted by Crippen LogP contribution is 2.32. The summed E-state index contributed by atoms with van der Waals surface area (Å²) in [5.74, 6) is -0.172. The van der Waals surface area contributed by atoms with Gasteiger partial charge in [0.2, 0.25) is 0 Å². The van der Waals surface area contributed by atoms with Gasteiger partial charge in [-0.2, -0.15) is 0 Å². The predicted molar refractivity (Wildman–Crippen MR) is 63.2 cm³/mol. The number of allylic oxidation sites excluding steroid dienone is 1. The van der Waals surface area contributed by atoms with E-state index in [0.717, 1.165) is 17.5 Å². The number of phenols is 1. The molecule has 0 fully saturated rings. The third-order valence-electron chi connectivity index (χ3n) is 2.01. The average molecular weight is 236 g/mol. The van der Waals surface area contributed by atoms with E-state index < -0.39 is 4.92 Å². The Balaban J connectivity index is 2.29. The summed E-state index contributed by atoms with van der Waals surface area (Å²) in [5.41, 5.74) is 0.218. The third-order valence-corrected chi connectivity index (χ3v) is 2.87. The number of rotatable bonds is 2. The molecule has 0 saturated carbocycles. The van der Waals surface area contributed by atoms with Crippen LogP contribution in [0.15, 0.2) is 34.7 Å². The molecule has 16 heavy (non-hydrogen) atoms. The van der Waals surface area contributed by atoms with E-state index in [0.29, 0.717) is 5.69 Å². The maximum atomic E-state index is 10.5. The Kier molecular flexibility index (Phi) is 2.91. The van der Waals surface area contributed by atoms with E-state index in [4.69, 9.17) is 0 Å². The molecular weight excluding hydrogens is 228 g/mol. The minimum atomic E-state index is -0.553. The number of benzene rings is 1. The Morgan fingerprint density at radius 1 is 1.50 bits per heavy atom. The molecule has 5 nitrogen and oxygen atoms in total. The van der Waals surface area contributed by atoms with Gasteiger partial charge in [-0.05, 0) is 11.5 Å². The summed E-state index contributed by atoms with van der Waals surface area (Å²) in [4.78, 5) is 14.1. The number of nitro groups is 1. The standard InChI is InChI=1S/C10H8N2O3S/c13-9-6-7(12(14)15)3-4-8(9)11-10-2-1-5-16-10/h1,3-6,13H,2H2/b11-10-. The zero-order chi connectivity index (χ0) is 11.5. The van der Waals surface area contributed by atoms with Crippen LogP contribution < -0.4 is 0 Å². The van der Waals surface area contributed by atoms with Crippen LogP contribution in [-0.2, 0) is 0 Å². The van der Waals surface area contributed by atoms with Crippen molar-refractivity contribution in [1.29, 1.82) is 0 Å². The molecule has 1 heterocycles. The highest BCUT2D eigenvalue weighted by Gasteiger charge is 2.11. The predicted octanol–water partition coefficient (Wildman–Crippen LogP) is 2.98. The van der Waals surface area contributed by atoms with Crippen LogP contribution in [0.2, 0.25) is 0 Å². The van der Waals surface area contributed by atoms with E-state index in [-0.39, 0.29) is 11.4 Å². The largest absolute Gasteiger partial charge is 0.505 e. The van der Waals surface area contributed by atoms with Crippen LogP contribution >= 0.6 is 11.8 Å². The van der Waals surface area contributed by atoms with Crippen molar-refractivity contribution in [2.24, 2.45) is 4.99 Å². The number of hydrogen-bond donors (Lipinski definition) is 1. The minimum absolute atomic E-state index is 0.140. The first-order valence-electron chi connectivity index (χ1n) is 4.53. The first-order chi connectivity index (χ1) is 7.66. The van der Waals surface area contributed by atoms with Gasteiger partial charge >= 0.3 is 0 Å². The van der Waals surface area contributed by atoms with Gasteiger partial charge in [-0.3, -0.25) is 10.1 Å². The van der Waals surface area contributed by atoms with Crippen molar-refractivity contribution in [2.75, 3.05) is 0 Å². The summed E-state index contributed by atoms with van der Waals surface area (Å²) < 4.78 is 0. The van der Waals surface area contributed by atoms with Gasteiger partial charge in [0.25, 0.3) is 5.69 Å². The second-order valence-electron chi connectivity index (χ2n) is 3.13. The third kappa shape index (κ3) is 2.22. The van der Waals surface area contributed by atoms with Crippen LogP contribution in [0.25, 0.3) is 0 Å². The molecule has 0 radical (unpaired) electrons. The average Bonchev–Trinajstić information content (AvgIpc) is 2.73. The maximum Gasteiger partial charge on any atom is 0.273 e. The molecule has 0 bridgehead atoms. The van der Waals surface area contributed by atoms with E-state index >= 15 is 0 Å². The molecule has 0 amide bonds. The van der Waals surface area contributed by atoms with Crippen molar-refractivity contribution >= 4 is 28.2 Å². The van der Waals surface area contributed by atoms with Crippen molar-refractivity contribution in [3.05, 3.63) is 39.8 Å². The monoisotopic (exact) mass is 236 g/mol. The van der Waals surface area contributed by atoms with Crippen molar-refractivity contribution in [2.45, 2.75) is 6.42 Å². The van der Waals surface area contributed by atoms with Crippen LogP contribution in [0.4, 0.5) is 11.4 Å². The van der Waals surface area contributed by atoms with Gasteiger partial charge in [0.05, 0.1) is 16.0 Å². The first kappa shape index (κ1) is 10.7. The summed E-state index contributed by atoms with van der Waals surface area (Å²) in [7, 11) is 0. The van der Waals surface area contributed by atoms with Gasteiger partial charge in [0.15, 0.2) is 0 Å². The molecule has 82 valence electrons. The molecule has 0 spiro atoms. The lowest BCUT2D eigenvalue weighted by Crippen LogP contribution is -1.87. The fourth-order valence-corrected chi connectivity index (χ4v) is 1.94. The highest BCUT2D eigenvalue weighted by molar-refractivity contribution is 8.16. The summed E-state index contributed by atoms with van der Waals surface area (Å²) in [6.07, 6.45) is 2.70. The van der Waals surface area contributed by atoms with E-state index in [1.807, 2.05) is 11.5 Å². The molecule has 0 aliphatic carbocycles. The Labute approximate surface area is 95.7 Å². The maximum absolute atomic E-state index is 10.5. The quantitative estimate of drug-likeness (QED) is 0.632. The molecule has 1 aromatic carbocycles. The molecule has 1 N–H and O–H groups in total. The fraction of sp³-hybridized carbons (Fsp3) is 0.100. The van der Waals surface area contributed by atoms with Crippen LogP contribution in [-0.4, -0.2) is 15.1 Å². The number of aliphatic imine (C=N–C) groups is 1. The lowest BCUT2D eigenvalue weighted by molar-refractivity contribution is -0.384. The van der Waals surface area contributed by atoms with Crippen LogP contribution in [0.3, 0.4) is 0 Å². The van der Waals surface area contributed by atoms with E-state index in [1.165, 1.54) is 23.9 Å². The van der Waals surface area contributed by atoms with E-state index in [2.05, 4.69) is 4.99 Å². The Morgan fingerprint density at radius 3 is 2.88 bits per heavy atom. The van der Waals surface area contributed by atoms with Crippen LogP contribution in [0, 0.1) is 10.1 Å².